The van der Waals surface area contributed by atoms with Crippen molar-refractivity contribution in [2.24, 2.45) is 10.9 Å². The van der Waals surface area contributed by atoms with E-state index in [0.717, 1.165) is 25.5 Å². The lowest BCUT2D eigenvalue weighted by molar-refractivity contribution is -0.143. The number of nitrogens with zero attached hydrogens (tertiary/aromatic N) is 2. The van der Waals surface area contributed by atoms with Crippen LogP contribution in [0, 0.1) is 5.92 Å². The average Bonchev–Trinajstić information content (AvgIpc) is 3.12. The zero-order chi connectivity index (χ0) is 16.7. The first kappa shape index (κ1) is 18.7. The lowest BCUT2D eigenvalue weighted by Crippen LogP contribution is -2.40. The fourth-order valence-corrected chi connectivity index (χ4v) is 4.24. The molecule has 23 heavy (non-hydrogen) atoms. The Morgan fingerprint density at radius 3 is 2.78 bits per heavy atom. The van der Waals surface area contributed by atoms with E-state index in [1.807, 2.05) is 18.7 Å². The molecule has 134 valence electrons. The molecule has 2 atom stereocenters. The predicted molar refractivity (Wildman–Crippen MR) is 90.1 cm³/mol. The Labute approximate surface area is 140 Å². The summed E-state index contributed by atoms with van der Waals surface area (Å²) in [6.45, 7) is 4.49. The van der Waals surface area contributed by atoms with Crippen LogP contribution in [0.25, 0.3) is 0 Å². The summed E-state index contributed by atoms with van der Waals surface area (Å²) in [6, 6.07) is 0. The van der Waals surface area contributed by atoms with Crippen molar-refractivity contribution in [1.82, 2.24) is 15.5 Å². The first-order valence-corrected chi connectivity index (χ1v) is 9.44. The van der Waals surface area contributed by atoms with E-state index in [-0.39, 0.29) is 5.92 Å². The van der Waals surface area contributed by atoms with Gasteiger partial charge in [0.25, 0.3) is 0 Å². The minimum atomic E-state index is -4.10. The average molecular weight is 352 g/mol. The molecule has 2 rings (SSSR count). The van der Waals surface area contributed by atoms with Crippen molar-refractivity contribution in [3.63, 3.8) is 0 Å². The van der Waals surface area contributed by atoms with Gasteiger partial charge < -0.3 is 10.6 Å². The van der Waals surface area contributed by atoms with Crippen molar-refractivity contribution in [2.75, 3.05) is 45.0 Å². The number of rotatable bonds is 6. The lowest BCUT2D eigenvalue weighted by Gasteiger charge is -2.18. The normalized spacial score (nSPS) is 26.7. The van der Waals surface area contributed by atoms with E-state index < -0.39 is 12.7 Å². The van der Waals surface area contributed by atoms with Gasteiger partial charge in [-0.3, -0.25) is 9.89 Å². The molecule has 0 amide bonds. The smallest absolute Gasteiger partial charge is 0.357 e. The van der Waals surface area contributed by atoms with Gasteiger partial charge in [-0.15, -0.1) is 0 Å². The molecule has 0 saturated carbocycles. The van der Waals surface area contributed by atoms with E-state index >= 15 is 0 Å². The van der Waals surface area contributed by atoms with E-state index in [9.17, 15) is 13.2 Å². The van der Waals surface area contributed by atoms with Crippen molar-refractivity contribution in [3.8, 4) is 0 Å². The quantitative estimate of drug-likeness (QED) is 0.569. The van der Waals surface area contributed by atoms with Crippen molar-refractivity contribution in [2.45, 2.75) is 37.6 Å². The SMILES string of the molecule is CCNC(=NCC1CCN(CC(F)(F)F)C1)NCC1CCCS1. The van der Waals surface area contributed by atoms with Gasteiger partial charge in [-0.2, -0.15) is 24.9 Å². The van der Waals surface area contributed by atoms with Crippen molar-refractivity contribution in [1.29, 1.82) is 0 Å². The molecule has 2 unspecified atom stereocenters. The van der Waals surface area contributed by atoms with E-state index in [1.165, 1.54) is 23.5 Å². The Morgan fingerprint density at radius 2 is 2.13 bits per heavy atom. The van der Waals surface area contributed by atoms with Crippen LogP contribution in [0.2, 0.25) is 0 Å². The lowest BCUT2D eigenvalue weighted by atomic mass is 10.1. The Morgan fingerprint density at radius 1 is 1.30 bits per heavy atom. The second-order valence-corrected chi connectivity index (χ2v) is 7.65. The van der Waals surface area contributed by atoms with Gasteiger partial charge in [-0.25, -0.2) is 0 Å². The first-order chi connectivity index (χ1) is 11.0. The molecule has 4 nitrogen and oxygen atoms in total. The summed E-state index contributed by atoms with van der Waals surface area (Å²) in [5, 5.41) is 7.22. The van der Waals surface area contributed by atoms with Crippen LogP contribution in [-0.2, 0) is 0 Å². The molecule has 0 aromatic rings. The largest absolute Gasteiger partial charge is 0.401 e. The predicted octanol–water partition coefficient (Wildman–Crippen LogP) is 2.32. The molecule has 2 fully saturated rings. The zero-order valence-electron chi connectivity index (χ0n) is 13.7. The van der Waals surface area contributed by atoms with Crippen molar-refractivity contribution >= 4 is 17.7 Å². The minimum absolute atomic E-state index is 0.216. The number of hydrogen-bond donors (Lipinski definition) is 2. The summed E-state index contributed by atoms with van der Waals surface area (Å²) in [5.41, 5.74) is 0. The number of thioether (sulfide) groups is 1. The number of nitrogens with one attached hydrogen (secondary N) is 2. The molecule has 2 aliphatic rings. The summed E-state index contributed by atoms with van der Waals surface area (Å²) >= 11 is 1.99. The van der Waals surface area contributed by atoms with Gasteiger partial charge in [0.05, 0.1) is 6.54 Å². The highest BCUT2D eigenvalue weighted by atomic mass is 32.2. The van der Waals surface area contributed by atoms with E-state index in [0.29, 0.717) is 24.9 Å². The minimum Gasteiger partial charge on any atom is -0.357 e. The molecule has 0 bridgehead atoms. The molecular weight excluding hydrogens is 325 g/mol. The van der Waals surface area contributed by atoms with Crippen LogP contribution in [-0.4, -0.2) is 67.3 Å². The Hall–Kier alpha value is -0.630. The first-order valence-electron chi connectivity index (χ1n) is 8.39. The summed E-state index contributed by atoms with van der Waals surface area (Å²) in [4.78, 5) is 6.05. The molecule has 2 N–H and O–H groups in total. The zero-order valence-corrected chi connectivity index (χ0v) is 14.5. The van der Waals surface area contributed by atoms with Crippen LogP contribution >= 0.6 is 11.8 Å². The number of halogens is 3. The van der Waals surface area contributed by atoms with Crippen molar-refractivity contribution in [3.05, 3.63) is 0 Å². The maximum Gasteiger partial charge on any atom is 0.401 e. The summed E-state index contributed by atoms with van der Waals surface area (Å²) in [7, 11) is 0. The van der Waals surface area contributed by atoms with Gasteiger partial charge in [-0.05, 0) is 44.4 Å². The van der Waals surface area contributed by atoms with Crippen molar-refractivity contribution < 1.29 is 13.2 Å². The number of hydrogen-bond acceptors (Lipinski definition) is 3. The van der Waals surface area contributed by atoms with Gasteiger partial charge in [-0.1, -0.05) is 0 Å². The maximum absolute atomic E-state index is 12.4. The van der Waals surface area contributed by atoms with Crippen LogP contribution in [0.4, 0.5) is 13.2 Å². The second-order valence-electron chi connectivity index (χ2n) is 6.24. The van der Waals surface area contributed by atoms with E-state index in [1.54, 1.807) is 0 Å². The fourth-order valence-electron chi connectivity index (χ4n) is 3.04. The number of likely N-dealkylation sites (tertiary alicyclic amines) is 1. The topological polar surface area (TPSA) is 39.7 Å². The highest BCUT2D eigenvalue weighted by Crippen LogP contribution is 2.25. The number of aliphatic imine (C=N–C) groups is 1. The third-order valence-electron chi connectivity index (χ3n) is 4.15. The molecule has 2 aliphatic heterocycles. The second kappa shape index (κ2) is 9.01. The molecule has 8 heteroatoms. The van der Waals surface area contributed by atoms with Gasteiger partial charge in [0, 0.05) is 31.4 Å². The Kier molecular flexibility index (Phi) is 7.33. The highest BCUT2D eigenvalue weighted by Gasteiger charge is 2.34. The fraction of sp³-hybridized carbons (Fsp3) is 0.933. The van der Waals surface area contributed by atoms with Crippen LogP contribution < -0.4 is 10.6 Å². The summed E-state index contributed by atoms with van der Waals surface area (Å²) in [5.74, 6) is 2.24. The molecule has 0 aliphatic carbocycles. The van der Waals surface area contributed by atoms with Gasteiger partial charge >= 0.3 is 6.18 Å². The Bertz CT molecular complexity index is 383. The van der Waals surface area contributed by atoms with Crippen LogP contribution in [0.15, 0.2) is 4.99 Å². The molecule has 2 heterocycles. The maximum atomic E-state index is 12.4. The molecule has 0 radical (unpaired) electrons. The molecule has 0 aromatic carbocycles. The molecule has 0 aromatic heterocycles. The standard InChI is InChI=1S/C15H27F3N4S/c1-2-19-14(21-9-13-4-3-7-23-13)20-8-12-5-6-22(10-12)11-15(16,17)18/h12-13H,2-11H2,1H3,(H2,19,20,21). The van der Waals surface area contributed by atoms with E-state index in [4.69, 9.17) is 0 Å². The third-order valence-corrected chi connectivity index (χ3v) is 5.54. The van der Waals surface area contributed by atoms with Crippen LogP contribution in [0.5, 0.6) is 0 Å². The van der Waals surface area contributed by atoms with Crippen LogP contribution in [0.1, 0.15) is 26.2 Å². The Balaban J connectivity index is 1.74. The van der Waals surface area contributed by atoms with Gasteiger partial charge in [0.15, 0.2) is 5.96 Å². The van der Waals surface area contributed by atoms with Gasteiger partial charge in [0.2, 0.25) is 0 Å². The van der Waals surface area contributed by atoms with E-state index in [2.05, 4.69) is 15.6 Å². The van der Waals surface area contributed by atoms with Gasteiger partial charge in [0.1, 0.15) is 0 Å². The molecule has 2 saturated heterocycles. The summed E-state index contributed by atoms with van der Waals surface area (Å²) in [6.07, 6.45) is -0.793. The molecule has 0 spiro atoms. The number of guanidine groups is 1. The number of alkyl halides is 3. The summed E-state index contributed by atoms with van der Waals surface area (Å²) < 4.78 is 37.2. The molecular formula is C15H27F3N4S. The third kappa shape index (κ3) is 7.20. The van der Waals surface area contributed by atoms with Crippen LogP contribution in [0.3, 0.4) is 0 Å². The highest BCUT2D eigenvalue weighted by molar-refractivity contribution is 8.00. The monoisotopic (exact) mass is 352 g/mol.